The summed E-state index contributed by atoms with van der Waals surface area (Å²) in [6, 6.07) is 5.24. The summed E-state index contributed by atoms with van der Waals surface area (Å²) < 4.78 is 4.85. The number of anilines is 1. The number of carbonyl (C=O) groups is 2. The van der Waals surface area contributed by atoms with Crippen molar-refractivity contribution in [3.05, 3.63) is 29.3 Å². The summed E-state index contributed by atoms with van der Waals surface area (Å²) in [6.45, 7) is -0.504. The number of benzene rings is 1. The van der Waals surface area contributed by atoms with E-state index in [1.807, 2.05) is 6.07 Å². The van der Waals surface area contributed by atoms with Crippen LogP contribution >= 0.6 is 0 Å². The predicted octanol–water partition coefficient (Wildman–Crippen LogP) is 0.706. The van der Waals surface area contributed by atoms with Gasteiger partial charge in [-0.1, -0.05) is 12.1 Å². The third-order valence-corrected chi connectivity index (χ3v) is 2.91. The Bertz CT molecular complexity index is 500. The molecule has 0 spiro atoms. The normalized spacial score (nSPS) is 15.5. The van der Waals surface area contributed by atoms with E-state index in [0.29, 0.717) is 18.4 Å². The molecule has 1 amide bonds. The first-order chi connectivity index (χ1) is 9.06. The molecule has 0 radical (unpaired) electrons. The van der Waals surface area contributed by atoms with Crippen LogP contribution in [-0.2, 0) is 20.7 Å². The number of aryl methyl sites for hydroxylation is 1. The molecule has 0 saturated carbocycles. The third-order valence-electron chi connectivity index (χ3n) is 2.91. The molecule has 1 unspecified atom stereocenters. The maximum Gasteiger partial charge on any atom is 0.329 e. The highest BCUT2D eigenvalue weighted by atomic mass is 16.5. The van der Waals surface area contributed by atoms with Gasteiger partial charge in [-0.2, -0.15) is 0 Å². The maximum atomic E-state index is 11.2. The van der Waals surface area contributed by atoms with Gasteiger partial charge in [0.1, 0.15) is 12.7 Å². The van der Waals surface area contributed by atoms with Crippen molar-refractivity contribution in [1.29, 1.82) is 0 Å². The summed E-state index contributed by atoms with van der Waals surface area (Å²) >= 11 is 0. The fraction of sp³-hybridized carbons (Fsp3) is 0.385. The van der Waals surface area contributed by atoms with E-state index in [-0.39, 0.29) is 12.5 Å². The van der Waals surface area contributed by atoms with Gasteiger partial charge in [-0.05, 0) is 23.6 Å². The fourth-order valence-corrected chi connectivity index (χ4v) is 1.96. The van der Waals surface area contributed by atoms with Crippen molar-refractivity contribution in [3.8, 4) is 0 Å². The van der Waals surface area contributed by atoms with Gasteiger partial charge in [-0.25, -0.2) is 4.79 Å². The van der Waals surface area contributed by atoms with Gasteiger partial charge < -0.3 is 20.3 Å². The smallest absolute Gasteiger partial charge is 0.329 e. The number of aliphatic hydroxyl groups is 1. The van der Waals surface area contributed by atoms with E-state index >= 15 is 0 Å². The van der Waals surface area contributed by atoms with Crippen LogP contribution in [0.3, 0.4) is 0 Å². The lowest BCUT2D eigenvalue weighted by Crippen LogP contribution is -2.19. The number of hydrogen-bond donors (Lipinski definition) is 3. The molecule has 19 heavy (non-hydrogen) atoms. The number of carboxylic acid groups (broad SMARTS) is 1. The lowest BCUT2D eigenvalue weighted by molar-refractivity contribution is -0.143. The monoisotopic (exact) mass is 265 g/mol. The molecular formula is C13H15NO5. The van der Waals surface area contributed by atoms with Crippen LogP contribution in [0.15, 0.2) is 18.2 Å². The number of carboxylic acids is 1. The van der Waals surface area contributed by atoms with Crippen LogP contribution in [0, 0.1) is 0 Å². The molecule has 0 fully saturated rings. The number of aliphatic hydroxyl groups excluding tert-OH is 1. The van der Waals surface area contributed by atoms with Gasteiger partial charge in [0.2, 0.25) is 5.91 Å². The Kier molecular flexibility index (Phi) is 4.13. The Morgan fingerprint density at radius 1 is 1.42 bits per heavy atom. The quantitative estimate of drug-likeness (QED) is 0.728. The molecule has 1 aliphatic heterocycles. The molecule has 0 aromatic heterocycles. The molecule has 1 atom stereocenters. The Hall–Kier alpha value is -1.92. The molecule has 6 nitrogen and oxygen atoms in total. The Morgan fingerprint density at radius 3 is 2.95 bits per heavy atom. The summed E-state index contributed by atoms with van der Waals surface area (Å²) in [5.74, 6) is -1.08. The molecule has 3 N–H and O–H groups in total. The van der Waals surface area contributed by atoms with Gasteiger partial charge in [0, 0.05) is 12.1 Å². The highest BCUT2D eigenvalue weighted by Gasteiger charge is 2.17. The van der Waals surface area contributed by atoms with Crippen LogP contribution in [0.25, 0.3) is 0 Å². The van der Waals surface area contributed by atoms with Crippen LogP contribution < -0.4 is 5.32 Å². The van der Waals surface area contributed by atoms with Crippen LogP contribution in [0.1, 0.15) is 23.7 Å². The van der Waals surface area contributed by atoms with Crippen molar-refractivity contribution in [2.24, 2.45) is 0 Å². The van der Waals surface area contributed by atoms with E-state index in [2.05, 4.69) is 5.32 Å². The molecule has 1 aliphatic rings. The van der Waals surface area contributed by atoms with Gasteiger partial charge in [-0.15, -0.1) is 0 Å². The topological polar surface area (TPSA) is 95.9 Å². The Morgan fingerprint density at radius 2 is 2.21 bits per heavy atom. The number of amides is 1. The minimum atomic E-state index is -1.07. The van der Waals surface area contributed by atoms with E-state index in [1.54, 1.807) is 12.1 Å². The molecule has 1 heterocycles. The number of hydrogen-bond acceptors (Lipinski definition) is 4. The van der Waals surface area contributed by atoms with Crippen molar-refractivity contribution in [2.75, 3.05) is 18.5 Å². The van der Waals surface area contributed by atoms with Crippen LogP contribution in [0.5, 0.6) is 0 Å². The van der Waals surface area contributed by atoms with Gasteiger partial charge in [0.15, 0.2) is 0 Å². The highest BCUT2D eigenvalue weighted by molar-refractivity contribution is 5.93. The zero-order valence-electron chi connectivity index (χ0n) is 10.3. The molecule has 0 bridgehead atoms. The number of carbonyl (C=O) groups excluding carboxylic acids is 1. The number of nitrogens with one attached hydrogen (secondary N) is 1. The fourth-order valence-electron chi connectivity index (χ4n) is 1.96. The average Bonchev–Trinajstić information content (AvgIpc) is 2.37. The second-order valence-corrected chi connectivity index (χ2v) is 4.39. The highest BCUT2D eigenvalue weighted by Crippen LogP contribution is 2.26. The first-order valence-corrected chi connectivity index (χ1v) is 5.96. The van der Waals surface area contributed by atoms with Gasteiger partial charge in [0.05, 0.1) is 6.61 Å². The standard InChI is InChI=1S/C13H15NO5/c15-11(6-19-7-13(17)18)9-1-3-10-8(5-9)2-4-12(16)14-10/h1,3,5,11,15H,2,4,6-7H2,(H,14,16)(H,17,18). The molecular weight excluding hydrogens is 250 g/mol. The number of aliphatic carboxylic acids is 1. The number of rotatable bonds is 5. The van der Waals surface area contributed by atoms with Crippen molar-refractivity contribution >= 4 is 17.6 Å². The largest absolute Gasteiger partial charge is 0.480 e. The van der Waals surface area contributed by atoms with E-state index in [4.69, 9.17) is 9.84 Å². The molecule has 6 heteroatoms. The number of fused-ring (bicyclic) bond motifs is 1. The first kappa shape index (κ1) is 13.5. The van der Waals surface area contributed by atoms with E-state index < -0.39 is 18.7 Å². The van der Waals surface area contributed by atoms with Crippen molar-refractivity contribution < 1.29 is 24.5 Å². The van der Waals surface area contributed by atoms with E-state index in [0.717, 1.165) is 11.3 Å². The zero-order valence-corrected chi connectivity index (χ0v) is 10.3. The van der Waals surface area contributed by atoms with Crippen LogP contribution in [0.2, 0.25) is 0 Å². The van der Waals surface area contributed by atoms with Gasteiger partial charge in [0.25, 0.3) is 0 Å². The van der Waals surface area contributed by atoms with E-state index in [1.165, 1.54) is 0 Å². The first-order valence-electron chi connectivity index (χ1n) is 5.96. The van der Waals surface area contributed by atoms with Gasteiger partial charge in [-0.3, -0.25) is 4.79 Å². The van der Waals surface area contributed by atoms with Gasteiger partial charge >= 0.3 is 5.97 Å². The molecule has 2 rings (SSSR count). The Balaban J connectivity index is 2.01. The Labute approximate surface area is 110 Å². The average molecular weight is 265 g/mol. The molecule has 1 aromatic rings. The van der Waals surface area contributed by atoms with Crippen LogP contribution in [-0.4, -0.2) is 35.3 Å². The maximum absolute atomic E-state index is 11.2. The molecule has 102 valence electrons. The molecule has 1 aromatic carbocycles. The minimum Gasteiger partial charge on any atom is -0.480 e. The van der Waals surface area contributed by atoms with Crippen molar-refractivity contribution in [1.82, 2.24) is 0 Å². The summed E-state index contributed by atoms with van der Waals surface area (Å²) in [6.07, 6.45) is 0.196. The SMILES string of the molecule is O=C(O)COCC(O)c1ccc2c(c1)CCC(=O)N2. The third kappa shape index (κ3) is 3.52. The summed E-state index contributed by atoms with van der Waals surface area (Å²) in [5, 5.41) is 21.1. The second kappa shape index (κ2) is 5.81. The molecule has 0 saturated heterocycles. The summed E-state index contributed by atoms with van der Waals surface area (Å²) in [5.41, 5.74) is 2.38. The lowest BCUT2D eigenvalue weighted by atomic mass is 9.98. The molecule has 0 aliphatic carbocycles. The predicted molar refractivity (Wildman–Crippen MR) is 66.8 cm³/mol. The lowest BCUT2D eigenvalue weighted by Gasteiger charge is -2.19. The number of ether oxygens (including phenoxy) is 1. The summed E-state index contributed by atoms with van der Waals surface area (Å²) in [7, 11) is 0. The van der Waals surface area contributed by atoms with Crippen LogP contribution in [0.4, 0.5) is 5.69 Å². The summed E-state index contributed by atoms with van der Waals surface area (Å²) in [4.78, 5) is 21.5. The zero-order chi connectivity index (χ0) is 13.8. The van der Waals surface area contributed by atoms with E-state index in [9.17, 15) is 14.7 Å². The second-order valence-electron chi connectivity index (χ2n) is 4.39. The van der Waals surface area contributed by atoms with Crippen molar-refractivity contribution in [2.45, 2.75) is 18.9 Å². The minimum absolute atomic E-state index is 0.00871. The van der Waals surface area contributed by atoms with Crippen molar-refractivity contribution in [3.63, 3.8) is 0 Å².